The summed E-state index contributed by atoms with van der Waals surface area (Å²) in [5.74, 6) is 0. The van der Waals surface area contributed by atoms with Crippen molar-refractivity contribution in [2.45, 2.75) is 4.90 Å². The maximum Gasteiger partial charge on any atom is 0.268 e. The predicted octanol–water partition coefficient (Wildman–Crippen LogP) is 3.69. The Balaban J connectivity index is 2.64. The van der Waals surface area contributed by atoms with Gasteiger partial charge in [0, 0.05) is 16.2 Å². The highest BCUT2D eigenvalue weighted by Gasteiger charge is 2.19. The van der Waals surface area contributed by atoms with E-state index < -0.39 is 10.0 Å². The number of hydrogen-bond acceptors (Lipinski definition) is 2. The van der Waals surface area contributed by atoms with Gasteiger partial charge in [-0.2, -0.15) is 0 Å². The molecule has 0 spiro atoms. The van der Waals surface area contributed by atoms with Crippen LogP contribution in [0.4, 0.5) is 0 Å². The molecule has 7 heteroatoms. The Hall–Kier alpha value is -0.680. The second kappa shape index (κ2) is 4.53. The van der Waals surface area contributed by atoms with Gasteiger partial charge in [-0.25, -0.2) is 12.4 Å². The van der Waals surface area contributed by atoms with Crippen LogP contribution in [0.1, 0.15) is 0 Å². The smallest absolute Gasteiger partial charge is 0.231 e. The van der Waals surface area contributed by atoms with Crippen molar-refractivity contribution in [1.29, 1.82) is 0 Å². The van der Waals surface area contributed by atoms with E-state index >= 15 is 0 Å². The largest absolute Gasteiger partial charge is 0.268 e. The van der Waals surface area contributed by atoms with Crippen molar-refractivity contribution in [2.75, 3.05) is 0 Å². The molecule has 0 aliphatic heterocycles. The first-order valence-electron chi connectivity index (χ1n) is 4.46. The van der Waals surface area contributed by atoms with Gasteiger partial charge in [0.15, 0.2) is 0 Å². The van der Waals surface area contributed by atoms with E-state index in [1.807, 2.05) is 0 Å². The van der Waals surface area contributed by atoms with Gasteiger partial charge in [-0.05, 0) is 30.3 Å². The molecule has 1 aromatic heterocycles. The molecule has 2 aromatic rings. The Labute approximate surface area is 114 Å². The number of aromatic nitrogens is 1. The van der Waals surface area contributed by atoms with Gasteiger partial charge in [0.05, 0.1) is 4.90 Å². The fourth-order valence-corrected chi connectivity index (χ4v) is 3.69. The summed E-state index contributed by atoms with van der Waals surface area (Å²) in [7, 11) is -3.76. The first-order chi connectivity index (χ1) is 7.91. The summed E-state index contributed by atoms with van der Waals surface area (Å²) in [6.07, 6.45) is 1.35. The number of hydrogen-bond donors (Lipinski definition) is 0. The van der Waals surface area contributed by atoms with Crippen LogP contribution >= 0.6 is 34.8 Å². The van der Waals surface area contributed by atoms with Crippen molar-refractivity contribution in [3.63, 3.8) is 0 Å². The molecule has 0 saturated heterocycles. The average molecular weight is 311 g/mol. The van der Waals surface area contributed by atoms with Crippen molar-refractivity contribution in [3.8, 4) is 0 Å². The summed E-state index contributed by atoms with van der Waals surface area (Å²) >= 11 is 17.3. The highest BCUT2D eigenvalue weighted by atomic mass is 35.5. The molecule has 17 heavy (non-hydrogen) atoms. The van der Waals surface area contributed by atoms with Gasteiger partial charge in [0.2, 0.25) is 0 Å². The van der Waals surface area contributed by atoms with Crippen LogP contribution in [0.25, 0.3) is 0 Å². The minimum atomic E-state index is -3.76. The second-order valence-corrected chi connectivity index (χ2v) is 6.31. The minimum absolute atomic E-state index is 0.00639. The zero-order valence-corrected chi connectivity index (χ0v) is 11.4. The van der Waals surface area contributed by atoms with Crippen LogP contribution in [0, 0.1) is 0 Å². The Morgan fingerprint density at radius 3 is 2.06 bits per heavy atom. The topological polar surface area (TPSA) is 39.1 Å². The maximum absolute atomic E-state index is 12.2. The van der Waals surface area contributed by atoms with E-state index in [4.69, 9.17) is 34.8 Å². The summed E-state index contributed by atoms with van der Waals surface area (Å²) in [5, 5.41) is 0.597. The zero-order valence-electron chi connectivity index (χ0n) is 8.27. The molecule has 90 valence electrons. The fraction of sp³-hybridized carbons (Fsp3) is 0. The number of benzene rings is 1. The van der Waals surface area contributed by atoms with Crippen LogP contribution in [0.3, 0.4) is 0 Å². The minimum Gasteiger partial charge on any atom is -0.231 e. The third-order valence-electron chi connectivity index (χ3n) is 2.06. The van der Waals surface area contributed by atoms with Gasteiger partial charge < -0.3 is 0 Å². The second-order valence-electron chi connectivity index (χ2n) is 3.24. The van der Waals surface area contributed by atoms with Gasteiger partial charge in [-0.3, -0.25) is 0 Å². The molecule has 0 N–H and O–H groups in total. The molecule has 0 bridgehead atoms. The van der Waals surface area contributed by atoms with E-state index in [1.165, 1.54) is 36.5 Å². The van der Waals surface area contributed by atoms with Gasteiger partial charge in [0.25, 0.3) is 10.0 Å². The van der Waals surface area contributed by atoms with Gasteiger partial charge in [-0.15, -0.1) is 0 Å². The summed E-state index contributed by atoms with van der Waals surface area (Å²) in [6, 6.07) is 7.11. The van der Waals surface area contributed by atoms with Crippen molar-refractivity contribution in [2.24, 2.45) is 0 Å². The van der Waals surface area contributed by atoms with Gasteiger partial charge in [-0.1, -0.05) is 34.8 Å². The Kier molecular flexibility index (Phi) is 3.41. The van der Waals surface area contributed by atoms with Crippen LogP contribution in [-0.4, -0.2) is 12.4 Å². The van der Waals surface area contributed by atoms with E-state index in [9.17, 15) is 8.42 Å². The number of nitrogens with zero attached hydrogens (tertiary/aromatic N) is 1. The van der Waals surface area contributed by atoms with Crippen molar-refractivity contribution in [3.05, 3.63) is 51.7 Å². The van der Waals surface area contributed by atoms with E-state index in [0.29, 0.717) is 0 Å². The van der Waals surface area contributed by atoms with Crippen LogP contribution in [-0.2, 0) is 10.0 Å². The van der Waals surface area contributed by atoms with Crippen LogP contribution in [0.5, 0.6) is 0 Å². The van der Waals surface area contributed by atoms with Crippen LogP contribution < -0.4 is 0 Å². The molecule has 0 atom stereocenters. The molecule has 0 fully saturated rings. The molecule has 0 unspecified atom stereocenters. The molecule has 0 amide bonds. The fourth-order valence-electron chi connectivity index (χ4n) is 1.33. The summed E-state index contributed by atoms with van der Waals surface area (Å²) < 4.78 is 25.3. The first-order valence-corrected chi connectivity index (χ1v) is 7.03. The van der Waals surface area contributed by atoms with Crippen molar-refractivity contribution >= 4 is 44.8 Å². The van der Waals surface area contributed by atoms with E-state index in [0.717, 1.165) is 3.97 Å². The van der Waals surface area contributed by atoms with E-state index in [2.05, 4.69) is 0 Å². The molecule has 1 aromatic carbocycles. The SMILES string of the molecule is O=S(=O)(c1cc(Cl)cc(Cl)c1)n1cccc1Cl. The molecule has 0 radical (unpaired) electrons. The maximum atomic E-state index is 12.2. The Morgan fingerprint density at radius 2 is 1.59 bits per heavy atom. The van der Waals surface area contributed by atoms with Crippen molar-refractivity contribution < 1.29 is 8.42 Å². The third-order valence-corrected chi connectivity index (χ3v) is 4.57. The first kappa shape index (κ1) is 12.8. The van der Waals surface area contributed by atoms with Crippen LogP contribution in [0.15, 0.2) is 41.4 Å². The van der Waals surface area contributed by atoms with E-state index in [-0.39, 0.29) is 20.1 Å². The van der Waals surface area contributed by atoms with Crippen molar-refractivity contribution in [1.82, 2.24) is 3.97 Å². The van der Waals surface area contributed by atoms with Gasteiger partial charge >= 0.3 is 0 Å². The molecule has 1 heterocycles. The quantitative estimate of drug-likeness (QED) is 0.848. The molecule has 0 saturated carbocycles. The number of halogens is 3. The lowest BCUT2D eigenvalue weighted by atomic mass is 10.4. The third kappa shape index (κ3) is 2.45. The summed E-state index contributed by atoms with van der Waals surface area (Å²) in [6.45, 7) is 0. The van der Waals surface area contributed by atoms with Gasteiger partial charge in [0.1, 0.15) is 5.15 Å². The average Bonchev–Trinajstić information content (AvgIpc) is 2.63. The van der Waals surface area contributed by atoms with E-state index in [1.54, 1.807) is 0 Å². The molecule has 2 rings (SSSR count). The molecule has 0 aliphatic rings. The lowest BCUT2D eigenvalue weighted by Crippen LogP contribution is -2.11. The highest BCUT2D eigenvalue weighted by molar-refractivity contribution is 7.90. The molecular weight excluding hydrogens is 305 g/mol. The summed E-state index contributed by atoms with van der Waals surface area (Å²) in [5.41, 5.74) is 0. The standard InChI is InChI=1S/C10H6Cl3NO2S/c11-7-4-8(12)6-9(5-7)17(15,16)14-3-1-2-10(14)13/h1-6H. The zero-order chi connectivity index (χ0) is 12.6. The molecule has 0 aliphatic carbocycles. The number of rotatable bonds is 2. The molecular formula is C10H6Cl3NO2S. The Morgan fingerprint density at radius 1 is 1.00 bits per heavy atom. The lowest BCUT2D eigenvalue weighted by Gasteiger charge is -2.07. The Bertz CT molecular complexity index is 644. The lowest BCUT2D eigenvalue weighted by molar-refractivity contribution is 0.587. The monoisotopic (exact) mass is 309 g/mol. The molecule has 3 nitrogen and oxygen atoms in total. The predicted molar refractivity (Wildman–Crippen MR) is 68.5 cm³/mol. The highest BCUT2D eigenvalue weighted by Crippen LogP contribution is 2.25. The van der Waals surface area contributed by atoms with Crippen LogP contribution in [0.2, 0.25) is 15.2 Å². The summed E-state index contributed by atoms with van der Waals surface area (Å²) in [4.78, 5) is -0.00639. The normalized spacial score (nSPS) is 11.7.